The minimum atomic E-state index is 0.160. The van der Waals surface area contributed by atoms with E-state index < -0.39 is 0 Å². The SMILES string of the molecule is CCCC(C)C(=O)NC(CCC)C(C)C. The van der Waals surface area contributed by atoms with Crippen LogP contribution in [0.2, 0.25) is 0 Å². The second-order valence-electron chi connectivity index (χ2n) is 4.84. The van der Waals surface area contributed by atoms with Crippen LogP contribution >= 0.6 is 0 Å². The molecule has 0 rings (SSSR count). The van der Waals surface area contributed by atoms with Crippen LogP contribution in [0.3, 0.4) is 0 Å². The van der Waals surface area contributed by atoms with Crippen molar-refractivity contribution in [3.8, 4) is 0 Å². The molecule has 0 saturated carbocycles. The maximum atomic E-state index is 11.8. The van der Waals surface area contributed by atoms with Crippen LogP contribution in [0.15, 0.2) is 0 Å². The highest BCUT2D eigenvalue weighted by Gasteiger charge is 2.18. The third-order valence-electron chi connectivity index (χ3n) is 2.90. The van der Waals surface area contributed by atoms with Gasteiger partial charge in [0.2, 0.25) is 5.91 Å². The fourth-order valence-corrected chi connectivity index (χ4v) is 1.77. The van der Waals surface area contributed by atoms with Gasteiger partial charge in [0.05, 0.1) is 0 Å². The highest BCUT2D eigenvalue weighted by atomic mass is 16.1. The minimum Gasteiger partial charge on any atom is -0.353 e. The molecule has 0 bridgehead atoms. The summed E-state index contributed by atoms with van der Waals surface area (Å²) < 4.78 is 0. The molecule has 0 aromatic carbocycles. The first-order chi connectivity index (χ1) is 7.02. The van der Waals surface area contributed by atoms with Crippen molar-refractivity contribution in [3.05, 3.63) is 0 Å². The number of nitrogens with one attached hydrogen (secondary N) is 1. The summed E-state index contributed by atoms with van der Waals surface area (Å²) in [5.41, 5.74) is 0. The summed E-state index contributed by atoms with van der Waals surface area (Å²) in [6.07, 6.45) is 4.28. The third-order valence-corrected chi connectivity index (χ3v) is 2.90. The van der Waals surface area contributed by atoms with Gasteiger partial charge in [-0.3, -0.25) is 4.79 Å². The molecule has 0 spiro atoms. The molecule has 2 atom stereocenters. The number of hydrogen-bond acceptors (Lipinski definition) is 1. The van der Waals surface area contributed by atoms with E-state index in [2.05, 4.69) is 33.0 Å². The van der Waals surface area contributed by atoms with Crippen molar-refractivity contribution in [2.45, 2.75) is 66.3 Å². The Hall–Kier alpha value is -0.530. The van der Waals surface area contributed by atoms with Crippen molar-refractivity contribution < 1.29 is 4.79 Å². The zero-order chi connectivity index (χ0) is 11.8. The largest absolute Gasteiger partial charge is 0.353 e. The monoisotopic (exact) mass is 213 g/mol. The molecule has 0 aromatic rings. The Morgan fingerprint density at radius 3 is 2.00 bits per heavy atom. The molecular formula is C13H27NO. The fraction of sp³-hybridized carbons (Fsp3) is 0.923. The van der Waals surface area contributed by atoms with Crippen LogP contribution < -0.4 is 5.32 Å². The van der Waals surface area contributed by atoms with E-state index in [-0.39, 0.29) is 11.8 Å². The van der Waals surface area contributed by atoms with Crippen molar-refractivity contribution in [3.63, 3.8) is 0 Å². The van der Waals surface area contributed by atoms with Crippen molar-refractivity contribution >= 4 is 5.91 Å². The molecule has 0 aromatic heterocycles. The van der Waals surface area contributed by atoms with Gasteiger partial charge in [0.15, 0.2) is 0 Å². The molecule has 0 aliphatic heterocycles. The smallest absolute Gasteiger partial charge is 0.223 e. The average molecular weight is 213 g/mol. The number of carbonyl (C=O) groups is 1. The number of amides is 1. The van der Waals surface area contributed by atoms with Crippen molar-refractivity contribution in [2.24, 2.45) is 11.8 Å². The maximum Gasteiger partial charge on any atom is 0.223 e. The molecule has 0 aliphatic carbocycles. The quantitative estimate of drug-likeness (QED) is 0.690. The summed E-state index contributed by atoms with van der Waals surface area (Å²) >= 11 is 0. The molecule has 1 amide bonds. The summed E-state index contributed by atoms with van der Waals surface area (Å²) in [4.78, 5) is 11.8. The van der Waals surface area contributed by atoms with Crippen molar-refractivity contribution in [1.29, 1.82) is 0 Å². The zero-order valence-corrected chi connectivity index (χ0v) is 11.0. The fourth-order valence-electron chi connectivity index (χ4n) is 1.77. The Morgan fingerprint density at radius 1 is 1.07 bits per heavy atom. The molecule has 90 valence electrons. The summed E-state index contributed by atoms with van der Waals surface area (Å²) in [6, 6.07) is 0.349. The molecule has 0 radical (unpaired) electrons. The normalized spacial score (nSPS) is 15.1. The van der Waals surface area contributed by atoms with Gasteiger partial charge in [0.1, 0.15) is 0 Å². The third kappa shape index (κ3) is 5.81. The first kappa shape index (κ1) is 14.5. The Bertz CT molecular complexity index is 177. The Kier molecular flexibility index (Phi) is 7.45. The lowest BCUT2D eigenvalue weighted by Gasteiger charge is -2.23. The van der Waals surface area contributed by atoms with Gasteiger partial charge in [-0.05, 0) is 18.8 Å². The van der Waals surface area contributed by atoms with Gasteiger partial charge in [0.25, 0.3) is 0 Å². The molecule has 0 aliphatic rings. The summed E-state index contributed by atoms with van der Waals surface area (Å²) in [7, 11) is 0. The first-order valence-corrected chi connectivity index (χ1v) is 6.33. The summed E-state index contributed by atoms with van der Waals surface area (Å²) in [5.74, 6) is 0.917. The molecule has 0 fully saturated rings. The second-order valence-corrected chi connectivity index (χ2v) is 4.84. The lowest BCUT2D eigenvalue weighted by Crippen LogP contribution is -2.41. The lowest BCUT2D eigenvalue weighted by molar-refractivity contribution is -0.125. The highest BCUT2D eigenvalue weighted by molar-refractivity contribution is 5.78. The van der Waals surface area contributed by atoms with E-state index in [9.17, 15) is 4.79 Å². The number of carbonyl (C=O) groups excluding carboxylic acids is 1. The topological polar surface area (TPSA) is 29.1 Å². The van der Waals surface area contributed by atoms with Crippen LogP contribution in [0.1, 0.15) is 60.3 Å². The van der Waals surface area contributed by atoms with Crippen LogP contribution in [-0.2, 0) is 4.79 Å². The van der Waals surface area contributed by atoms with Gasteiger partial charge < -0.3 is 5.32 Å². The van der Waals surface area contributed by atoms with Crippen LogP contribution in [0, 0.1) is 11.8 Å². The Balaban J connectivity index is 4.09. The standard InChI is InChI=1S/C13H27NO/c1-6-8-11(5)13(15)14-12(9-7-2)10(3)4/h10-12H,6-9H2,1-5H3,(H,14,15). The van der Waals surface area contributed by atoms with Gasteiger partial charge in [-0.15, -0.1) is 0 Å². The molecule has 2 unspecified atom stereocenters. The van der Waals surface area contributed by atoms with E-state index in [1.165, 1.54) is 0 Å². The van der Waals surface area contributed by atoms with Crippen molar-refractivity contribution in [1.82, 2.24) is 5.32 Å². The zero-order valence-electron chi connectivity index (χ0n) is 11.0. The highest BCUT2D eigenvalue weighted by Crippen LogP contribution is 2.11. The number of hydrogen-bond donors (Lipinski definition) is 1. The maximum absolute atomic E-state index is 11.8. The lowest BCUT2D eigenvalue weighted by atomic mass is 9.97. The van der Waals surface area contributed by atoms with Crippen LogP contribution in [-0.4, -0.2) is 11.9 Å². The molecule has 0 heterocycles. The Morgan fingerprint density at radius 2 is 1.60 bits per heavy atom. The number of rotatable bonds is 7. The van der Waals surface area contributed by atoms with E-state index in [4.69, 9.17) is 0 Å². The molecule has 2 heteroatoms. The van der Waals surface area contributed by atoms with E-state index in [1.807, 2.05) is 6.92 Å². The van der Waals surface area contributed by atoms with E-state index in [1.54, 1.807) is 0 Å². The van der Waals surface area contributed by atoms with Crippen LogP contribution in [0.5, 0.6) is 0 Å². The van der Waals surface area contributed by atoms with E-state index in [0.29, 0.717) is 12.0 Å². The Labute approximate surface area is 94.8 Å². The van der Waals surface area contributed by atoms with Gasteiger partial charge in [-0.25, -0.2) is 0 Å². The molecule has 0 saturated heterocycles. The van der Waals surface area contributed by atoms with Crippen LogP contribution in [0.4, 0.5) is 0 Å². The predicted octanol–water partition coefficient (Wildman–Crippen LogP) is 3.36. The average Bonchev–Trinajstić information content (AvgIpc) is 2.17. The molecule has 15 heavy (non-hydrogen) atoms. The molecule has 1 N–H and O–H groups in total. The summed E-state index contributed by atoms with van der Waals surface area (Å²) in [5, 5.41) is 3.16. The second kappa shape index (κ2) is 7.72. The van der Waals surface area contributed by atoms with Crippen molar-refractivity contribution in [2.75, 3.05) is 0 Å². The van der Waals surface area contributed by atoms with Crippen LogP contribution in [0.25, 0.3) is 0 Å². The summed E-state index contributed by atoms with van der Waals surface area (Å²) in [6.45, 7) is 10.6. The first-order valence-electron chi connectivity index (χ1n) is 6.33. The van der Waals surface area contributed by atoms with Gasteiger partial charge in [-0.1, -0.05) is 47.5 Å². The minimum absolute atomic E-state index is 0.160. The van der Waals surface area contributed by atoms with Gasteiger partial charge in [0, 0.05) is 12.0 Å². The van der Waals surface area contributed by atoms with E-state index >= 15 is 0 Å². The van der Waals surface area contributed by atoms with Gasteiger partial charge in [-0.2, -0.15) is 0 Å². The van der Waals surface area contributed by atoms with E-state index in [0.717, 1.165) is 25.7 Å². The predicted molar refractivity (Wildman–Crippen MR) is 65.7 cm³/mol. The molecule has 2 nitrogen and oxygen atoms in total. The van der Waals surface area contributed by atoms with Gasteiger partial charge >= 0.3 is 0 Å². The molecular weight excluding hydrogens is 186 g/mol.